The summed E-state index contributed by atoms with van der Waals surface area (Å²) in [6, 6.07) is 0. The molecule has 4 nitrogen and oxygen atoms in total. The van der Waals surface area contributed by atoms with Crippen LogP contribution in [0.5, 0.6) is 0 Å². The van der Waals surface area contributed by atoms with Crippen LogP contribution >= 0.6 is 0 Å². The van der Waals surface area contributed by atoms with Gasteiger partial charge in [0.25, 0.3) is 5.92 Å². The van der Waals surface area contributed by atoms with Crippen LogP contribution in [-0.4, -0.2) is 26.5 Å². The first kappa shape index (κ1) is 11.6. The predicted octanol–water partition coefficient (Wildman–Crippen LogP) is 1.73. The van der Waals surface area contributed by atoms with Gasteiger partial charge >= 0.3 is 5.97 Å². The van der Waals surface area contributed by atoms with E-state index in [1.807, 2.05) is 0 Å². The number of aromatic nitrogens is 2. The van der Waals surface area contributed by atoms with Gasteiger partial charge in [0, 0.05) is 13.1 Å². The molecule has 84 valence electrons. The number of hydrogen-bond acceptors (Lipinski definition) is 2. The lowest BCUT2D eigenvalue weighted by molar-refractivity contribution is -0.138. The second kappa shape index (κ2) is 3.96. The zero-order valence-corrected chi connectivity index (χ0v) is 8.44. The van der Waals surface area contributed by atoms with E-state index in [1.165, 1.54) is 24.0 Å². The summed E-state index contributed by atoms with van der Waals surface area (Å²) in [6.07, 6.45) is 2.51. The van der Waals surface area contributed by atoms with Crippen LogP contribution in [0.1, 0.15) is 25.5 Å². The highest BCUT2D eigenvalue weighted by Gasteiger charge is 2.25. The summed E-state index contributed by atoms with van der Waals surface area (Å²) >= 11 is 0. The number of carboxylic acid groups (broad SMARTS) is 1. The van der Waals surface area contributed by atoms with Gasteiger partial charge < -0.3 is 9.67 Å². The summed E-state index contributed by atoms with van der Waals surface area (Å²) in [7, 11) is 0. The Hall–Kier alpha value is -1.46. The van der Waals surface area contributed by atoms with E-state index in [-0.39, 0.29) is 5.69 Å². The zero-order valence-electron chi connectivity index (χ0n) is 8.44. The Morgan fingerprint density at radius 1 is 1.73 bits per heavy atom. The first-order chi connectivity index (χ1) is 6.81. The summed E-state index contributed by atoms with van der Waals surface area (Å²) in [5.41, 5.74) is 0.282. The maximum Gasteiger partial charge on any atom is 0.312 e. The standard InChI is InChI=1S/C9H12F2N2O2/c1-6(8(14)15)7-3-12-5-13(7)4-9(2,10)11/h3,5-6H,4H2,1-2H3,(H,14,15). The molecule has 1 atom stereocenters. The van der Waals surface area contributed by atoms with E-state index < -0.39 is 24.4 Å². The molecule has 1 rings (SSSR count). The first-order valence-electron chi connectivity index (χ1n) is 4.42. The molecule has 1 aromatic rings. The van der Waals surface area contributed by atoms with Gasteiger partial charge in [0.15, 0.2) is 0 Å². The Balaban J connectivity index is 2.92. The van der Waals surface area contributed by atoms with Crippen molar-refractivity contribution in [1.29, 1.82) is 0 Å². The highest BCUT2D eigenvalue weighted by molar-refractivity contribution is 5.74. The van der Waals surface area contributed by atoms with E-state index in [0.29, 0.717) is 0 Å². The van der Waals surface area contributed by atoms with Crippen molar-refractivity contribution in [3.05, 3.63) is 18.2 Å². The van der Waals surface area contributed by atoms with Crippen molar-refractivity contribution in [2.45, 2.75) is 32.2 Å². The van der Waals surface area contributed by atoms with Crippen molar-refractivity contribution >= 4 is 5.97 Å². The summed E-state index contributed by atoms with van der Waals surface area (Å²) in [6.45, 7) is 1.66. The van der Waals surface area contributed by atoms with Gasteiger partial charge in [0.2, 0.25) is 0 Å². The number of hydrogen-bond donors (Lipinski definition) is 1. The van der Waals surface area contributed by atoms with E-state index in [9.17, 15) is 13.6 Å². The average Bonchev–Trinajstić information content (AvgIpc) is 2.47. The Bertz CT molecular complexity index is 357. The van der Waals surface area contributed by atoms with Gasteiger partial charge in [0.1, 0.15) is 0 Å². The van der Waals surface area contributed by atoms with Gasteiger partial charge in [-0.05, 0) is 6.92 Å². The minimum Gasteiger partial charge on any atom is -0.481 e. The van der Waals surface area contributed by atoms with Crippen molar-refractivity contribution in [2.75, 3.05) is 0 Å². The molecular weight excluding hydrogens is 206 g/mol. The molecule has 0 aliphatic heterocycles. The summed E-state index contributed by atoms with van der Waals surface area (Å²) in [5.74, 6) is -4.78. The lowest BCUT2D eigenvalue weighted by Crippen LogP contribution is -2.22. The Morgan fingerprint density at radius 2 is 2.33 bits per heavy atom. The molecule has 0 saturated heterocycles. The van der Waals surface area contributed by atoms with Crippen molar-refractivity contribution in [1.82, 2.24) is 9.55 Å². The molecule has 0 radical (unpaired) electrons. The number of imidazole rings is 1. The Kier molecular flexibility index (Phi) is 3.06. The number of carboxylic acids is 1. The molecule has 0 bridgehead atoms. The van der Waals surface area contributed by atoms with E-state index in [2.05, 4.69) is 4.98 Å². The highest BCUT2D eigenvalue weighted by atomic mass is 19.3. The fraction of sp³-hybridized carbons (Fsp3) is 0.556. The number of aliphatic carboxylic acids is 1. The smallest absolute Gasteiger partial charge is 0.312 e. The SMILES string of the molecule is CC(C(=O)O)c1cncn1CC(C)(F)F. The van der Waals surface area contributed by atoms with E-state index in [4.69, 9.17) is 5.11 Å². The van der Waals surface area contributed by atoms with Crippen LogP contribution in [0.4, 0.5) is 8.78 Å². The summed E-state index contributed by atoms with van der Waals surface area (Å²) < 4.78 is 26.6. The van der Waals surface area contributed by atoms with Gasteiger partial charge in [-0.1, -0.05) is 0 Å². The number of rotatable bonds is 4. The van der Waals surface area contributed by atoms with Crippen LogP contribution in [0, 0.1) is 0 Å². The zero-order chi connectivity index (χ0) is 11.6. The van der Waals surface area contributed by atoms with Crippen molar-refractivity contribution in [3.8, 4) is 0 Å². The number of carbonyl (C=O) groups is 1. The number of alkyl halides is 2. The maximum atomic E-state index is 12.7. The van der Waals surface area contributed by atoms with Crippen LogP contribution in [0.15, 0.2) is 12.5 Å². The molecule has 0 spiro atoms. The third-order valence-corrected chi connectivity index (χ3v) is 2.01. The molecule has 6 heteroatoms. The van der Waals surface area contributed by atoms with E-state index >= 15 is 0 Å². The molecule has 1 N–H and O–H groups in total. The van der Waals surface area contributed by atoms with Crippen LogP contribution in [0.2, 0.25) is 0 Å². The minimum absolute atomic E-state index is 0.282. The highest BCUT2D eigenvalue weighted by Crippen LogP contribution is 2.20. The molecule has 1 unspecified atom stereocenters. The number of halogens is 2. The Labute approximate surface area is 85.5 Å². The average molecular weight is 218 g/mol. The molecule has 1 heterocycles. The van der Waals surface area contributed by atoms with Crippen molar-refractivity contribution in [3.63, 3.8) is 0 Å². The second-order valence-electron chi connectivity index (χ2n) is 3.58. The third kappa shape index (κ3) is 3.00. The normalized spacial score (nSPS) is 13.9. The third-order valence-electron chi connectivity index (χ3n) is 2.01. The van der Waals surface area contributed by atoms with E-state index in [1.54, 1.807) is 0 Å². The van der Waals surface area contributed by atoms with Crippen LogP contribution in [0.3, 0.4) is 0 Å². The molecule has 0 aromatic carbocycles. The van der Waals surface area contributed by atoms with Crippen LogP contribution < -0.4 is 0 Å². The van der Waals surface area contributed by atoms with Crippen LogP contribution in [0.25, 0.3) is 0 Å². The topological polar surface area (TPSA) is 55.1 Å². The maximum absolute atomic E-state index is 12.7. The minimum atomic E-state index is -2.88. The lowest BCUT2D eigenvalue weighted by Gasteiger charge is -2.15. The summed E-state index contributed by atoms with van der Waals surface area (Å²) in [4.78, 5) is 14.4. The quantitative estimate of drug-likeness (QED) is 0.837. The lowest BCUT2D eigenvalue weighted by atomic mass is 10.1. The molecule has 0 aliphatic rings. The van der Waals surface area contributed by atoms with Crippen molar-refractivity contribution in [2.24, 2.45) is 0 Å². The van der Waals surface area contributed by atoms with Gasteiger partial charge in [-0.25, -0.2) is 13.8 Å². The van der Waals surface area contributed by atoms with Gasteiger partial charge in [0.05, 0.1) is 24.5 Å². The predicted molar refractivity (Wildman–Crippen MR) is 48.9 cm³/mol. The fourth-order valence-electron chi connectivity index (χ4n) is 1.25. The monoisotopic (exact) mass is 218 g/mol. The molecular formula is C9H12F2N2O2. The molecule has 0 saturated carbocycles. The largest absolute Gasteiger partial charge is 0.481 e. The van der Waals surface area contributed by atoms with Gasteiger partial charge in [-0.15, -0.1) is 0 Å². The van der Waals surface area contributed by atoms with Gasteiger partial charge in [-0.2, -0.15) is 0 Å². The number of nitrogens with zero attached hydrogens (tertiary/aromatic N) is 2. The molecule has 15 heavy (non-hydrogen) atoms. The Morgan fingerprint density at radius 3 is 2.80 bits per heavy atom. The first-order valence-corrected chi connectivity index (χ1v) is 4.42. The fourth-order valence-corrected chi connectivity index (χ4v) is 1.25. The molecule has 0 fully saturated rings. The van der Waals surface area contributed by atoms with Gasteiger partial charge in [-0.3, -0.25) is 4.79 Å². The molecule has 1 aromatic heterocycles. The van der Waals surface area contributed by atoms with Crippen molar-refractivity contribution < 1.29 is 18.7 Å². The summed E-state index contributed by atoms with van der Waals surface area (Å²) in [5, 5.41) is 8.75. The second-order valence-corrected chi connectivity index (χ2v) is 3.58. The molecule has 0 aliphatic carbocycles. The molecule has 0 amide bonds. The van der Waals surface area contributed by atoms with E-state index in [0.717, 1.165) is 6.92 Å². The van der Waals surface area contributed by atoms with Crippen LogP contribution in [-0.2, 0) is 11.3 Å².